The third kappa shape index (κ3) is 6.89. The number of rotatable bonds is 6. The minimum Gasteiger partial charge on any atom is -0.308 e. The van der Waals surface area contributed by atoms with Crippen LogP contribution in [0.25, 0.3) is 11.1 Å². The van der Waals surface area contributed by atoms with Crippen LogP contribution in [-0.2, 0) is 22.4 Å². The molecule has 0 fully saturated rings. The predicted molar refractivity (Wildman–Crippen MR) is 136 cm³/mol. The Balaban J connectivity index is 1.63. The van der Waals surface area contributed by atoms with E-state index in [2.05, 4.69) is 15.4 Å². The average molecular weight is 586 g/mol. The molecule has 0 unspecified atom stereocenters. The number of benzene rings is 3. The third-order valence-corrected chi connectivity index (χ3v) is 7.33. The smallest absolute Gasteiger partial charge is 0.308 e. The van der Waals surface area contributed by atoms with Crippen molar-refractivity contribution in [3.05, 3.63) is 94.7 Å². The Morgan fingerprint density at radius 1 is 0.744 bits per heavy atom. The van der Waals surface area contributed by atoms with Crippen LogP contribution in [0.15, 0.2) is 88.5 Å². The maximum atomic E-state index is 13.0. The number of thiophene rings is 1. The molecule has 3 aromatic carbocycles. The van der Waals surface area contributed by atoms with Gasteiger partial charge in [0.05, 0.1) is 21.7 Å². The summed E-state index contributed by atoms with van der Waals surface area (Å²) in [6.07, 6.45) is -9.32. The SMILES string of the molecule is O=C(Nc1cccc(C(F)(F)F)c1)Nc1cc(S(=O)(=O)Nc2cccc(C(F)(F)F)c2)ccc1-c1ccsc1. The van der Waals surface area contributed by atoms with E-state index in [1.54, 1.807) is 16.8 Å². The maximum absolute atomic E-state index is 13.0. The number of hydrogen-bond donors (Lipinski definition) is 3. The number of sulfonamides is 1. The van der Waals surface area contributed by atoms with E-state index in [-0.39, 0.29) is 22.0 Å². The van der Waals surface area contributed by atoms with E-state index in [9.17, 15) is 39.6 Å². The number of urea groups is 1. The number of halogens is 6. The second-order valence-electron chi connectivity index (χ2n) is 8.06. The second kappa shape index (κ2) is 10.6. The lowest BCUT2D eigenvalue weighted by molar-refractivity contribution is -0.138. The molecule has 0 radical (unpaired) electrons. The molecule has 2 amide bonds. The van der Waals surface area contributed by atoms with E-state index < -0.39 is 39.5 Å². The Morgan fingerprint density at radius 2 is 1.36 bits per heavy atom. The Morgan fingerprint density at radius 3 is 1.95 bits per heavy atom. The van der Waals surface area contributed by atoms with Crippen LogP contribution in [-0.4, -0.2) is 14.4 Å². The molecule has 1 heterocycles. The van der Waals surface area contributed by atoms with Gasteiger partial charge in [-0.25, -0.2) is 13.2 Å². The average Bonchev–Trinajstić information content (AvgIpc) is 3.38. The van der Waals surface area contributed by atoms with Crippen LogP contribution in [0.1, 0.15) is 11.1 Å². The van der Waals surface area contributed by atoms with E-state index in [1.807, 2.05) is 0 Å². The molecule has 204 valence electrons. The van der Waals surface area contributed by atoms with Crippen LogP contribution < -0.4 is 15.4 Å². The molecule has 3 N–H and O–H groups in total. The molecule has 0 saturated heterocycles. The molecule has 14 heteroatoms. The van der Waals surface area contributed by atoms with Crippen LogP contribution in [0.2, 0.25) is 0 Å². The lowest BCUT2D eigenvalue weighted by atomic mass is 10.1. The van der Waals surface area contributed by atoms with Crippen molar-refractivity contribution in [2.45, 2.75) is 17.2 Å². The molecule has 4 rings (SSSR count). The molecule has 0 atom stereocenters. The van der Waals surface area contributed by atoms with Gasteiger partial charge in [0.15, 0.2) is 0 Å². The zero-order chi connectivity index (χ0) is 28.4. The molecule has 0 spiro atoms. The van der Waals surface area contributed by atoms with Crippen molar-refractivity contribution in [2.75, 3.05) is 15.4 Å². The highest BCUT2D eigenvalue weighted by atomic mass is 32.2. The number of amides is 2. The van der Waals surface area contributed by atoms with E-state index in [4.69, 9.17) is 0 Å². The molecular formula is C25H17F6N3O3S2. The first-order valence-electron chi connectivity index (χ1n) is 10.8. The van der Waals surface area contributed by atoms with Gasteiger partial charge in [0.25, 0.3) is 10.0 Å². The molecule has 0 aliphatic carbocycles. The monoisotopic (exact) mass is 585 g/mol. The van der Waals surface area contributed by atoms with Crippen LogP contribution in [0, 0.1) is 0 Å². The fraction of sp³-hybridized carbons (Fsp3) is 0.0800. The first-order valence-corrected chi connectivity index (χ1v) is 13.3. The minimum absolute atomic E-state index is 0.00945. The standard InChI is InChI=1S/C25H17F6N3O3S2/c26-24(27,28)16-3-1-5-18(11-16)32-23(35)33-22-13-20(7-8-21(22)15-9-10-38-14-15)39(36,37)34-19-6-2-4-17(12-19)25(29,30)31/h1-14,34H,(H2,32,33,35). The van der Waals surface area contributed by atoms with Gasteiger partial charge in [0.2, 0.25) is 0 Å². The highest BCUT2D eigenvalue weighted by molar-refractivity contribution is 7.92. The number of anilines is 3. The quantitative estimate of drug-likeness (QED) is 0.201. The predicted octanol–water partition coefficient (Wildman–Crippen LogP) is 7.90. The summed E-state index contributed by atoms with van der Waals surface area (Å²) < 4.78 is 106. The van der Waals surface area contributed by atoms with E-state index in [1.165, 1.54) is 29.5 Å². The Kier molecular flexibility index (Phi) is 7.61. The van der Waals surface area contributed by atoms with Gasteiger partial charge in [0, 0.05) is 16.9 Å². The molecule has 1 aromatic heterocycles. The van der Waals surface area contributed by atoms with Gasteiger partial charge in [-0.1, -0.05) is 18.2 Å². The summed E-state index contributed by atoms with van der Waals surface area (Å²) in [5, 5.41) is 8.18. The summed E-state index contributed by atoms with van der Waals surface area (Å²) in [6.45, 7) is 0. The van der Waals surface area contributed by atoms with Gasteiger partial charge in [-0.05, 0) is 70.9 Å². The van der Waals surface area contributed by atoms with Crippen LogP contribution >= 0.6 is 11.3 Å². The van der Waals surface area contributed by atoms with Crippen molar-refractivity contribution < 1.29 is 39.6 Å². The second-order valence-corrected chi connectivity index (χ2v) is 10.5. The van der Waals surface area contributed by atoms with Gasteiger partial charge in [-0.3, -0.25) is 4.72 Å². The first-order chi connectivity index (χ1) is 18.2. The highest BCUT2D eigenvalue weighted by Crippen LogP contribution is 2.35. The van der Waals surface area contributed by atoms with Crippen LogP contribution in [0.5, 0.6) is 0 Å². The van der Waals surface area contributed by atoms with Crippen LogP contribution in [0.3, 0.4) is 0 Å². The van der Waals surface area contributed by atoms with Gasteiger partial charge in [-0.15, -0.1) is 0 Å². The normalized spacial score (nSPS) is 12.2. The molecule has 0 saturated carbocycles. The number of hydrogen-bond acceptors (Lipinski definition) is 4. The number of nitrogens with one attached hydrogen (secondary N) is 3. The van der Waals surface area contributed by atoms with E-state index in [0.717, 1.165) is 42.5 Å². The van der Waals surface area contributed by atoms with Crippen molar-refractivity contribution in [2.24, 2.45) is 0 Å². The van der Waals surface area contributed by atoms with Crippen molar-refractivity contribution in [3.8, 4) is 11.1 Å². The number of carbonyl (C=O) groups excluding carboxylic acids is 1. The molecular weight excluding hydrogens is 568 g/mol. The van der Waals surface area contributed by atoms with Crippen molar-refractivity contribution in [1.82, 2.24) is 0 Å². The first kappa shape index (κ1) is 28.0. The summed E-state index contributed by atoms with van der Waals surface area (Å²) in [4.78, 5) is 12.3. The summed E-state index contributed by atoms with van der Waals surface area (Å²) >= 11 is 1.33. The van der Waals surface area contributed by atoms with E-state index in [0.29, 0.717) is 17.2 Å². The van der Waals surface area contributed by atoms with Crippen molar-refractivity contribution in [1.29, 1.82) is 0 Å². The lowest BCUT2D eigenvalue weighted by Crippen LogP contribution is -2.21. The molecule has 39 heavy (non-hydrogen) atoms. The van der Waals surface area contributed by atoms with Crippen molar-refractivity contribution >= 4 is 44.5 Å². The molecule has 0 aliphatic heterocycles. The van der Waals surface area contributed by atoms with Gasteiger partial charge < -0.3 is 10.6 Å². The number of alkyl halides is 6. The van der Waals surface area contributed by atoms with Gasteiger partial charge in [-0.2, -0.15) is 37.7 Å². The molecule has 6 nitrogen and oxygen atoms in total. The summed E-state index contributed by atoms with van der Waals surface area (Å²) in [7, 11) is -4.41. The summed E-state index contributed by atoms with van der Waals surface area (Å²) in [5.41, 5.74) is -1.52. The Labute approximate surface area is 222 Å². The number of carbonyl (C=O) groups is 1. The fourth-order valence-corrected chi connectivity index (χ4v) is 5.23. The van der Waals surface area contributed by atoms with Gasteiger partial charge >= 0.3 is 18.4 Å². The topological polar surface area (TPSA) is 87.3 Å². The van der Waals surface area contributed by atoms with Crippen LogP contribution in [0.4, 0.5) is 48.2 Å². The van der Waals surface area contributed by atoms with Crippen molar-refractivity contribution in [3.63, 3.8) is 0 Å². The van der Waals surface area contributed by atoms with E-state index >= 15 is 0 Å². The maximum Gasteiger partial charge on any atom is 0.416 e. The van der Waals surface area contributed by atoms with Gasteiger partial charge in [0.1, 0.15) is 0 Å². The highest BCUT2D eigenvalue weighted by Gasteiger charge is 2.31. The Bertz CT molecular complexity index is 1600. The lowest BCUT2D eigenvalue weighted by Gasteiger charge is -2.15. The summed E-state index contributed by atoms with van der Waals surface area (Å²) in [6, 6.07) is 12.0. The largest absolute Gasteiger partial charge is 0.416 e. The zero-order valence-electron chi connectivity index (χ0n) is 19.4. The third-order valence-electron chi connectivity index (χ3n) is 5.27. The fourth-order valence-electron chi connectivity index (χ4n) is 3.49. The molecule has 4 aromatic rings. The zero-order valence-corrected chi connectivity index (χ0v) is 21.0. The molecule has 0 aliphatic rings. The molecule has 0 bridgehead atoms. The Hall–Kier alpha value is -4.04. The minimum atomic E-state index is -4.69. The summed E-state index contributed by atoms with van der Waals surface area (Å²) in [5.74, 6) is 0.